The lowest BCUT2D eigenvalue weighted by atomic mass is 9.78. The van der Waals surface area contributed by atoms with Gasteiger partial charge in [0.2, 0.25) is 0 Å². The molecule has 0 fully saturated rings. The second kappa shape index (κ2) is 6.19. The number of hydrogen-bond donors (Lipinski definition) is 2. The van der Waals surface area contributed by atoms with Crippen molar-refractivity contribution in [2.75, 3.05) is 0 Å². The summed E-state index contributed by atoms with van der Waals surface area (Å²) in [5, 5.41) is 18.4. The van der Waals surface area contributed by atoms with Crippen LogP contribution in [0.25, 0.3) is 0 Å². The molecule has 0 aliphatic heterocycles. The molecule has 0 spiro atoms. The van der Waals surface area contributed by atoms with Crippen molar-refractivity contribution in [3.63, 3.8) is 0 Å². The molecule has 0 bridgehead atoms. The van der Waals surface area contributed by atoms with Crippen molar-refractivity contribution < 1.29 is 19.8 Å². The third kappa shape index (κ3) is 3.09. The summed E-state index contributed by atoms with van der Waals surface area (Å²) in [5.41, 5.74) is 0.851. The van der Waals surface area contributed by atoms with Crippen LogP contribution < -0.4 is 0 Å². The van der Waals surface area contributed by atoms with Gasteiger partial charge < -0.3 is 10.2 Å². The molecule has 0 saturated carbocycles. The van der Waals surface area contributed by atoms with Gasteiger partial charge in [0.1, 0.15) is 0 Å². The zero-order valence-electron chi connectivity index (χ0n) is 10.5. The van der Waals surface area contributed by atoms with Gasteiger partial charge in [-0.15, -0.1) is 0 Å². The number of benzene rings is 1. The molecule has 0 amide bonds. The number of hydrogen-bond acceptors (Lipinski definition) is 2. The molecule has 0 aromatic heterocycles. The van der Waals surface area contributed by atoms with Crippen LogP contribution in [0.5, 0.6) is 0 Å². The third-order valence-electron chi connectivity index (χ3n) is 3.34. The fourth-order valence-electron chi connectivity index (χ4n) is 2.28. The van der Waals surface area contributed by atoms with Crippen LogP contribution in [0, 0.1) is 11.8 Å². The van der Waals surface area contributed by atoms with Crippen molar-refractivity contribution in [2.24, 2.45) is 11.8 Å². The first-order valence-electron chi connectivity index (χ1n) is 5.99. The molecular formula is C14H18O4. The first kappa shape index (κ1) is 14.2. The summed E-state index contributed by atoms with van der Waals surface area (Å²) in [6.07, 6.45) is 0.309. The molecule has 0 aliphatic carbocycles. The fraction of sp³-hybridized carbons (Fsp3) is 0.429. The first-order valence-corrected chi connectivity index (χ1v) is 5.99. The summed E-state index contributed by atoms with van der Waals surface area (Å²) < 4.78 is 0. The second-order valence-electron chi connectivity index (χ2n) is 4.42. The van der Waals surface area contributed by atoms with Crippen molar-refractivity contribution in [1.82, 2.24) is 0 Å². The minimum absolute atomic E-state index is 0.309. The average molecular weight is 250 g/mol. The maximum absolute atomic E-state index is 11.4. The van der Waals surface area contributed by atoms with Gasteiger partial charge in [0.15, 0.2) is 0 Å². The quantitative estimate of drug-likeness (QED) is 0.813. The number of carboxylic acid groups (broad SMARTS) is 2. The molecule has 0 radical (unpaired) electrons. The molecule has 2 N–H and O–H groups in total. The Kier molecular flexibility index (Phi) is 4.89. The predicted octanol–water partition coefficient (Wildman–Crippen LogP) is 2.60. The van der Waals surface area contributed by atoms with E-state index >= 15 is 0 Å². The van der Waals surface area contributed by atoms with E-state index in [1.807, 2.05) is 30.3 Å². The van der Waals surface area contributed by atoms with Crippen LogP contribution in [0.15, 0.2) is 30.3 Å². The monoisotopic (exact) mass is 250 g/mol. The minimum Gasteiger partial charge on any atom is -0.481 e. The Bertz CT molecular complexity index is 413. The number of carboxylic acids is 2. The van der Waals surface area contributed by atoms with Crippen molar-refractivity contribution >= 4 is 11.9 Å². The largest absolute Gasteiger partial charge is 0.481 e. The maximum atomic E-state index is 11.4. The van der Waals surface area contributed by atoms with Crippen molar-refractivity contribution in [3.05, 3.63) is 35.9 Å². The molecule has 98 valence electrons. The van der Waals surface area contributed by atoms with Gasteiger partial charge in [0, 0.05) is 0 Å². The van der Waals surface area contributed by atoms with Crippen LogP contribution in [0.4, 0.5) is 0 Å². The van der Waals surface area contributed by atoms with E-state index in [2.05, 4.69) is 0 Å². The predicted molar refractivity (Wildman–Crippen MR) is 67.4 cm³/mol. The van der Waals surface area contributed by atoms with Crippen LogP contribution in [0.2, 0.25) is 0 Å². The molecule has 3 atom stereocenters. The molecule has 0 heterocycles. The van der Waals surface area contributed by atoms with Crippen molar-refractivity contribution in [1.29, 1.82) is 0 Å². The lowest BCUT2D eigenvalue weighted by Gasteiger charge is -2.25. The fourth-order valence-corrected chi connectivity index (χ4v) is 2.28. The Morgan fingerprint density at radius 3 is 2.06 bits per heavy atom. The second-order valence-corrected chi connectivity index (χ2v) is 4.42. The van der Waals surface area contributed by atoms with Crippen LogP contribution in [-0.4, -0.2) is 22.2 Å². The summed E-state index contributed by atoms with van der Waals surface area (Å²) in [6, 6.07) is 9.16. The SMILES string of the molecule is CCC(C(=O)O)C(C(=O)O)C(C)c1ccccc1. The van der Waals surface area contributed by atoms with Crippen LogP contribution in [0.1, 0.15) is 31.7 Å². The zero-order valence-corrected chi connectivity index (χ0v) is 10.5. The van der Waals surface area contributed by atoms with E-state index in [1.54, 1.807) is 13.8 Å². The van der Waals surface area contributed by atoms with Gasteiger partial charge in [-0.05, 0) is 17.9 Å². The Balaban J connectivity index is 3.05. The highest BCUT2D eigenvalue weighted by molar-refractivity contribution is 5.80. The molecule has 4 nitrogen and oxygen atoms in total. The van der Waals surface area contributed by atoms with Crippen LogP contribution in [-0.2, 0) is 9.59 Å². The first-order chi connectivity index (χ1) is 8.49. The Labute approximate surface area is 106 Å². The van der Waals surface area contributed by atoms with Gasteiger partial charge in [0.05, 0.1) is 11.8 Å². The molecule has 1 aromatic carbocycles. The van der Waals surface area contributed by atoms with Gasteiger partial charge in [-0.1, -0.05) is 44.2 Å². The summed E-state index contributed by atoms with van der Waals surface area (Å²) in [5.74, 6) is -4.20. The maximum Gasteiger partial charge on any atom is 0.307 e. The molecule has 1 aromatic rings. The number of aliphatic carboxylic acids is 2. The van der Waals surface area contributed by atoms with E-state index in [9.17, 15) is 14.7 Å². The molecular weight excluding hydrogens is 232 g/mol. The minimum atomic E-state index is -1.05. The van der Waals surface area contributed by atoms with Crippen LogP contribution in [0.3, 0.4) is 0 Å². The molecule has 3 unspecified atom stereocenters. The summed E-state index contributed by atoms with van der Waals surface area (Å²) in [6.45, 7) is 3.46. The standard InChI is InChI=1S/C14H18O4/c1-3-11(13(15)16)12(14(17)18)9(2)10-7-5-4-6-8-10/h4-9,11-12H,3H2,1-2H3,(H,15,16)(H,17,18). The van der Waals surface area contributed by atoms with E-state index < -0.39 is 23.8 Å². The molecule has 18 heavy (non-hydrogen) atoms. The number of rotatable bonds is 6. The van der Waals surface area contributed by atoms with Gasteiger partial charge in [0.25, 0.3) is 0 Å². The highest BCUT2D eigenvalue weighted by Gasteiger charge is 2.37. The lowest BCUT2D eigenvalue weighted by molar-refractivity contribution is -0.154. The summed E-state index contributed by atoms with van der Waals surface area (Å²) in [4.78, 5) is 22.5. The normalized spacial score (nSPS) is 15.7. The van der Waals surface area contributed by atoms with Crippen molar-refractivity contribution in [3.8, 4) is 0 Å². The van der Waals surface area contributed by atoms with Crippen molar-refractivity contribution in [2.45, 2.75) is 26.2 Å². The molecule has 4 heteroatoms. The van der Waals surface area contributed by atoms with E-state index in [4.69, 9.17) is 5.11 Å². The van der Waals surface area contributed by atoms with E-state index in [-0.39, 0.29) is 5.92 Å². The van der Waals surface area contributed by atoms with Gasteiger partial charge in [-0.3, -0.25) is 9.59 Å². The van der Waals surface area contributed by atoms with E-state index in [1.165, 1.54) is 0 Å². The zero-order chi connectivity index (χ0) is 13.7. The van der Waals surface area contributed by atoms with E-state index in [0.717, 1.165) is 5.56 Å². The Hall–Kier alpha value is -1.84. The molecule has 0 saturated heterocycles. The molecule has 0 aliphatic rings. The smallest absolute Gasteiger partial charge is 0.307 e. The van der Waals surface area contributed by atoms with Gasteiger partial charge in [-0.2, -0.15) is 0 Å². The Morgan fingerprint density at radius 2 is 1.67 bits per heavy atom. The van der Waals surface area contributed by atoms with Gasteiger partial charge in [-0.25, -0.2) is 0 Å². The van der Waals surface area contributed by atoms with E-state index in [0.29, 0.717) is 6.42 Å². The number of carbonyl (C=O) groups is 2. The molecule has 1 rings (SSSR count). The summed E-state index contributed by atoms with van der Waals surface area (Å²) in [7, 11) is 0. The van der Waals surface area contributed by atoms with Crippen LogP contribution >= 0.6 is 0 Å². The third-order valence-corrected chi connectivity index (χ3v) is 3.34. The topological polar surface area (TPSA) is 74.6 Å². The average Bonchev–Trinajstić information content (AvgIpc) is 2.35. The highest BCUT2D eigenvalue weighted by Crippen LogP contribution is 2.32. The lowest BCUT2D eigenvalue weighted by Crippen LogP contribution is -2.33. The highest BCUT2D eigenvalue weighted by atomic mass is 16.4. The Morgan fingerprint density at radius 1 is 1.11 bits per heavy atom. The summed E-state index contributed by atoms with van der Waals surface area (Å²) >= 11 is 0. The van der Waals surface area contributed by atoms with Gasteiger partial charge >= 0.3 is 11.9 Å².